The van der Waals surface area contributed by atoms with Crippen molar-refractivity contribution in [1.29, 1.82) is 0 Å². The fraction of sp³-hybridized carbons (Fsp3) is 0.714. The molecule has 0 N–H and O–H groups in total. The van der Waals surface area contributed by atoms with Gasteiger partial charge in [0.05, 0.1) is 6.61 Å². The molecule has 0 fully saturated rings. The van der Waals surface area contributed by atoms with Crippen LogP contribution in [-0.4, -0.2) is 31.7 Å². The van der Waals surface area contributed by atoms with Crippen molar-refractivity contribution in [1.82, 2.24) is 0 Å². The molecule has 0 aliphatic heterocycles. The van der Waals surface area contributed by atoms with E-state index >= 15 is 0 Å². The first kappa shape index (κ1) is 16.5. The molecule has 3 nitrogen and oxygen atoms in total. The van der Waals surface area contributed by atoms with Gasteiger partial charge in [-0.3, -0.25) is 9.09 Å². The zero-order valence-corrected chi connectivity index (χ0v) is 9.24. The van der Waals surface area contributed by atoms with Crippen LogP contribution in [0.5, 0.6) is 0 Å². The molecule has 0 radical (unpaired) electrons. The van der Waals surface area contributed by atoms with E-state index in [1.165, 1.54) is 0 Å². The van der Waals surface area contributed by atoms with E-state index in [1.807, 2.05) is 0 Å². The third-order valence-corrected chi connectivity index (χ3v) is 3.00. The van der Waals surface area contributed by atoms with Crippen LogP contribution in [0.1, 0.15) is 0 Å². The normalized spacial score (nSPS) is 16.6. The van der Waals surface area contributed by atoms with Crippen LogP contribution in [0.4, 0.5) is 26.3 Å². The molecule has 0 saturated carbocycles. The van der Waals surface area contributed by atoms with E-state index in [4.69, 9.17) is 0 Å². The topological polar surface area (TPSA) is 35.5 Å². The maximum Gasteiger partial charge on any atom is 0.412 e. The van der Waals surface area contributed by atoms with Gasteiger partial charge in [0, 0.05) is 0 Å². The lowest BCUT2D eigenvalue weighted by Gasteiger charge is -2.19. The van der Waals surface area contributed by atoms with Gasteiger partial charge in [0.2, 0.25) is 0 Å². The van der Waals surface area contributed by atoms with Crippen molar-refractivity contribution in [3.8, 4) is 0 Å². The molecule has 0 aromatic heterocycles. The van der Waals surface area contributed by atoms with Crippen molar-refractivity contribution in [2.45, 2.75) is 12.4 Å². The van der Waals surface area contributed by atoms with Crippen molar-refractivity contribution in [3.05, 3.63) is 12.7 Å². The van der Waals surface area contributed by atoms with Gasteiger partial charge in [-0.25, -0.2) is 0 Å². The van der Waals surface area contributed by atoms with Crippen molar-refractivity contribution in [2.24, 2.45) is 0 Å². The molecule has 1 unspecified atom stereocenters. The number of hydrogen-bond acceptors (Lipinski definition) is 3. The highest BCUT2D eigenvalue weighted by atomic mass is 31.2. The van der Waals surface area contributed by atoms with Crippen LogP contribution in [0.15, 0.2) is 12.7 Å². The zero-order chi connectivity index (χ0) is 13.7. The lowest BCUT2D eigenvalue weighted by Crippen LogP contribution is -2.21. The van der Waals surface area contributed by atoms with Gasteiger partial charge in [0.1, 0.15) is 6.16 Å². The summed E-state index contributed by atoms with van der Waals surface area (Å²) >= 11 is 0. The maximum atomic E-state index is 12.0. The molecule has 0 heterocycles. The molecule has 0 bridgehead atoms. The maximum absolute atomic E-state index is 12.0. The summed E-state index contributed by atoms with van der Waals surface area (Å²) in [6, 6.07) is 0. The number of hydrogen-bond donors (Lipinski definition) is 0. The van der Waals surface area contributed by atoms with E-state index in [9.17, 15) is 30.9 Å². The Kier molecular flexibility index (Phi) is 5.70. The molecule has 1 atom stereocenters. The van der Waals surface area contributed by atoms with Crippen LogP contribution in [0.2, 0.25) is 0 Å². The highest BCUT2D eigenvalue weighted by molar-refractivity contribution is 7.53. The van der Waals surface area contributed by atoms with Gasteiger partial charge in [-0.1, -0.05) is 6.08 Å². The molecule has 102 valence electrons. The van der Waals surface area contributed by atoms with Crippen molar-refractivity contribution < 1.29 is 40.0 Å². The zero-order valence-electron chi connectivity index (χ0n) is 8.35. The molecule has 10 heteroatoms. The Morgan fingerprint density at radius 2 is 1.59 bits per heavy atom. The lowest BCUT2D eigenvalue weighted by atomic mass is 10.7. The van der Waals surface area contributed by atoms with E-state index < -0.39 is 39.3 Å². The first-order valence-corrected chi connectivity index (χ1v) is 5.83. The fourth-order valence-corrected chi connectivity index (χ4v) is 2.06. The van der Waals surface area contributed by atoms with Gasteiger partial charge in [-0.2, -0.15) is 26.3 Å². The van der Waals surface area contributed by atoms with Crippen LogP contribution >= 0.6 is 7.60 Å². The standard InChI is InChI=1S/C7H9F6O3P/c1-2-3-15-17(14,5-7(11,12)13)16-4-6(8,9)10/h2H,1,3-5H2. The average molecular weight is 286 g/mol. The molecule has 0 aromatic rings. The third-order valence-electron chi connectivity index (χ3n) is 1.19. The Morgan fingerprint density at radius 1 is 1.06 bits per heavy atom. The van der Waals surface area contributed by atoms with Gasteiger partial charge in [0.15, 0.2) is 6.61 Å². The van der Waals surface area contributed by atoms with E-state index in [2.05, 4.69) is 15.6 Å². The van der Waals surface area contributed by atoms with Crippen molar-refractivity contribution >= 4 is 7.60 Å². The quantitative estimate of drug-likeness (QED) is 0.426. The molecule has 0 aromatic carbocycles. The Hall–Kier alpha value is -0.530. The van der Waals surface area contributed by atoms with Crippen molar-refractivity contribution in [2.75, 3.05) is 19.4 Å². The lowest BCUT2D eigenvalue weighted by molar-refractivity contribution is -0.157. The fourth-order valence-electron chi connectivity index (χ4n) is 0.686. The highest BCUT2D eigenvalue weighted by Crippen LogP contribution is 2.52. The predicted octanol–water partition coefficient (Wildman–Crippen LogP) is 3.52. The minimum Gasteiger partial charge on any atom is -0.304 e. The number of halogens is 6. The first-order valence-electron chi connectivity index (χ1n) is 4.10. The van der Waals surface area contributed by atoms with E-state index in [0.29, 0.717) is 0 Å². The monoisotopic (exact) mass is 286 g/mol. The Morgan fingerprint density at radius 3 is 1.94 bits per heavy atom. The van der Waals surface area contributed by atoms with Crippen LogP contribution in [0.3, 0.4) is 0 Å². The minimum atomic E-state index is -4.96. The summed E-state index contributed by atoms with van der Waals surface area (Å²) in [6.45, 7) is 0.386. The molecule has 0 aliphatic rings. The van der Waals surface area contributed by atoms with Crippen molar-refractivity contribution in [3.63, 3.8) is 0 Å². The Bertz CT molecular complexity index is 297. The summed E-state index contributed by atoms with van der Waals surface area (Å²) in [6.07, 6.45) is -11.0. The van der Waals surface area contributed by atoms with Gasteiger partial charge >= 0.3 is 19.9 Å². The molecular weight excluding hydrogens is 277 g/mol. The minimum absolute atomic E-state index is 0.606. The van der Waals surface area contributed by atoms with Gasteiger partial charge in [-0.05, 0) is 0 Å². The smallest absolute Gasteiger partial charge is 0.304 e. The Labute approximate surface area is 92.9 Å². The molecule has 0 spiro atoms. The van der Waals surface area contributed by atoms with Gasteiger partial charge in [-0.15, -0.1) is 6.58 Å². The Balaban J connectivity index is 4.61. The van der Waals surface area contributed by atoms with Gasteiger partial charge in [0.25, 0.3) is 0 Å². The number of rotatable bonds is 6. The highest BCUT2D eigenvalue weighted by Gasteiger charge is 2.43. The average Bonchev–Trinajstić information content (AvgIpc) is 2.08. The van der Waals surface area contributed by atoms with Crippen LogP contribution in [-0.2, 0) is 13.6 Å². The first-order chi connectivity index (χ1) is 7.47. The van der Waals surface area contributed by atoms with Gasteiger partial charge < -0.3 is 4.52 Å². The molecule has 17 heavy (non-hydrogen) atoms. The van der Waals surface area contributed by atoms with Crippen LogP contribution < -0.4 is 0 Å². The SMILES string of the molecule is C=CCOP(=O)(CC(F)(F)F)OCC(F)(F)F. The second-order valence-corrected chi connectivity index (χ2v) is 4.91. The molecule has 0 rings (SSSR count). The molecule has 0 amide bonds. The second-order valence-electron chi connectivity index (χ2n) is 2.86. The largest absolute Gasteiger partial charge is 0.412 e. The molecule has 0 aliphatic carbocycles. The van der Waals surface area contributed by atoms with Crippen LogP contribution in [0, 0.1) is 0 Å². The van der Waals surface area contributed by atoms with E-state index in [0.717, 1.165) is 6.08 Å². The molecular formula is C7H9F6O3P. The summed E-state index contributed by atoms with van der Waals surface area (Å²) in [5, 5.41) is 0. The van der Waals surface area contributed by atoms with E-state index in [-0.39, 0.29) is 0 Å². The summed E-state index contributed by atoms with van der Waals surface area (Å²) in [5.74, 6) is 0. The van der Waals surface area contributed by atoms with E-state index in [1.54, 1.807) is 0 Å². The predicted molar refractivity (Wildman–Crippen MR) is 46.7 cm³/mol. The summed E-state index contributed by atoms with van der Waals surface area (Å²) in [5.41, 5.74) is 0. The number of alkyl halides is 6. The van der Waals surface area contributed by atoms with Crippen LogP contribution in [0.25, 0.3) is 0 Å². The summed E-state index contributed by atoms with van der Waals surface area (Å²) in [7, 11) is -4.87. The third kappa shape index (κ3) is 9.20. The summed E-state index contributed by atoms with van der Waals surface area (Å²) < 4.78 is 90.3. The summed E-state index contributed by atoms with van der Waals surface area (Å²) in [4.78, 5) is 0. The second kappa shape index (κ2) is 5.88. The molecule has 0 saturated heterocycles.